The minimum Gasteiger partial charge on any atom is -0.388 e. The summed E-state index contributed by atoms with van der Waals surface area (Å²) in [5.74, 6) is -0.665. The highest BCUT2D eigenvalue weighted by Gasteiger charge is 2.25. The number of para-hydroxylation sites is 1. The number of hydrogen-bond donors (Lipinski definition) is 2. The van der Waals surface area contributed by atoms with Crippen LogP contribution in [0.4, 0.5) is 11.5 Å². The Morgan fingerprint density at radius 1 is 1.13 bits per heavy atom. The van der Waals surface area contributed by atoms with Crippen LogP contribution in [0.5, 0.6) is 0 Å². The lowest BCUT2D eigenvalue weighted by Gasteiger charge is -2.07. The van der Waals surface area contributed by atoms with Gasteiger partial charge < -0.3 is 19.7 Å². The monoisotopic (exact) mass is 438 g/mol. The number of aryl methyl sites for hydroxylation is 1. The third-order valence-corrected chi connectivity index (χ3v) is 6.51. The highest BCUT2D eigenvalue weighted by atomic mass is 32.2. The molecule has 160 valence electrons. The molecular weight excluding hydrogens is 416 g/mol. The zero-order valence-electron chi connectivity index (χ0n) is 17.1. The maximum atomic E-state index is 13.1. The lowest BCUT2D eigenvalue weighted by Crippen LogP contribution is -2.23. The van der Waals surface area contributed by atoms with Crippen molar-refractivity contribution in [3.8, 4) is 0 Å². The van der Waals surface area contributed by atoms with Crippen molar-refractivity contribution in [3.63, 3.8) is 0 Å². The van der Waals surface area contributed by atoms with Crippen molar-refractivity contribution >= 4 is 38.2 Å². The normalized spacial score (nSPS) is 11.5. The molecule has 2 aromatic heterocycles. The first-order valence-corrected chi connectivity index (χ1v) is 11.3. The van der Waals surface area contributed by atoms with E-state index in [1.165, 1.54) is 6.07 Å². The molecule has 4 rings (SSSR count). The molecule has 0 saturated carbocycles. The second-order valence-corrected chi connectivity index (χ2v) is 9.18. The fourth-order valence-corrected chi connectivity index (χ4v) is 4.84. The Kier molecular flexibility index (Phi) is 5.51. The second kappa shape index (κ2) is 8.27. The summed E-state index contributed by atoms with van der Waals surface area (Å²) in [5.41, 5.74) is 2.78. The van der Waals surface area contributed by atoms with Crippen LogP contribution < -0.4 is 10.6 Å². The predicted octanol–water partition coefficient (Wildman–Crippen LogP) is 3.44. The summed E-state index contributed by atoms with van der Waals surface area (Å²) < 4.78 is 33.0. The third kappa shape index (κ3) is 4.46. The lowest BCUT2D eigenvalue weighted by molar-refractivity contribution is -0.113. The van der Waals surface area contributed by atoms with Gasteiger partial charge in [-0.3, -0.25) is 4.79 Å². The number of carbonyl (C=O) groups is 1. The Morgan fingerprint density at radius 2 is 1.94 bits per heavy atom. The Morgan fingerprint density at radius 3 is 2.68 bits per heavy atom. The van der Waals surface area contributed by atoms with E-state index < -0.39 is 21.5 Å². The van der Waals surface area contributed by atoms with E-state index in [2.05, 4.69) is 15.8 Å². The first kappa shape index (κ1) is 20.7. The summed E-state index contributed by atoms with van der Waals surface area (Å²) >= 11 is 0. The van der Waals surface area contributed by atoms with Crippen molar-refractivity contribution in [2.24, 2.45) is 0 Å². The van der Waals surface area contributed by atoms with Crippen LogP contribution in [0.3, 0.4) is 0 Å². The molecule has 31 heavy (non-hydrogen) atoms. The standard InChI is InChI=1S/C22H22N4O4S/c1-15-10-21(25-30-15)24-22(27)14-31(28,29)20-13-26(19-9-4-3-8-18(19)20)12-16-6-5-7-17(11-16)23-2/h3-11,13,23H,12,14H2,1-2H3,(H,24,25,27). The van der Waals surface area contributed by atoms with Gasteiger partial charge in [-0.25, -0.2) is 8.42 Å². The quantitative estimate of drug-likeness (QED) is 0.458. The molecule has 2 aromatic carbocycles. The molecule has 9 heteroatoms. The van der Waals surface area contributed by atoms with E-state index in [4.69, 9.17) is 4.52 Å². The summed E-state index contributed by atoms with van der Waals surface area (Å²) in [6.07, 6.45) is 1.60. The summed E-state index contributed by atoms with van der Waals surface area (Å²) in [6, 6.07) is 16.7. The van der Waals surface area contributed by atoms with E-state index in [0.717, 1.165) is 16.8 Å². The van der Waals surface area contributed by atoms with Crippen LogP contribution in [-0.4, -0.2) is 36.8 Å². The van der Waals surface area contributed by atoms with Crippen LogP contribution in [0.1, 0.15) is 11.3 Å². The van der Waals surface area contributed by atoms with Crippen molar-refractivity contribution in [3.05, 3.63) is 72.1 Å². The molecule has 0 aliphatic carbocycles. The van der Waals surface area contributed by atoms with Crippen LogP contribution >= 0.6 is 0 Å². The minimum absolute atomic E-state index is 0.124. The molecule has 8 nitrogen and oxygen atoms in total. The maximum absolute atomic E-state index is 13.1. The topological polar surface area (TPSA) is 106 Å². The summed E-state index contributed by atoms with van der Waals surface area (Å²) in [5, 5.41) is 9.80. The smallest absolute Gasteiger partial charge is 0.241 e. The van der Waals surface area contributed by atoms with Crippen LogP contribution in [0.15, 0.2) is 70.2 Å². The lowest BCUT2D eigenvalue weighted by atomic mass is 10.2. The number of carbonyl (C=O) groups excluding carboxylic acids is 1. The van der Waals surface area contributed by atoms with E-state index >= 15 is 0 Å². The first-order chi connectivity index (χ1) is 14.9. The van der Waals surface area contributed by atoms with Gasteiger partial charge in [0.05, 0.1) is 4.90 Å². The zero-order chi connectivity index (χ0) is 22.0. The fraction of sp³-hybridized carbons (Fsp3) is 0.182. The molecule has 0 bridgehead atoms. The van der Waals surface area contributed by atoms with E-state index in [0.29, 0.717) is 17.7 Å². The molecule has 2 heterocycles. The third-order valence-electron chi connectivity index (χ3n) is 4.87. The highest BCUT2D eigenvalue weighted by molar-refractivity contribution is 7.92. The summed E-state index contributed by atoms with van der Waals surface area (Å²) in [4.78, 5) is 12.5. The van der Waals surface area contributed by atoms with Gasteiger partial charge in [0.1, 0.15) is 11.5 Å². The number of sulfone groups is 1. The number of nitrogens with one attached hydrogen (secondary N) is 2. The van der Waals surface area contributed by atoms with Gasteiger partial charge in [0, 0.05) is 42.4 Å². The van der Waals surface area contributed by atoms with Gasteiger partial charge in [0.25, 0.3) is 0 Å². The largest absolute Gasteiger partial charge is 0.388 e. The van der Waals surface area contributed by atoms with Gasteiger partial charge in [-0.1, -0.05) is 35.5 Å². The second-order valence-electron chi connectivity index (χ2n) is 7.22. The average Bonchev–Trinajstić information content (AvgIpc) is 3.31. The Labute approximate surface area is 179 Å². The fourth-order valence-electron chi connectivity index (χ4n) is 3.47. The molecule has 4 aromatic rings. The molecular formula is C22H22N4O4S. The van der Waals surface area contributed by atoms with E-state index in [1.54, 1.807) is 25.3 Å². The molecule has 0 aliphatic rings. The van der Waals surface area contributed by atoms with E-state index in [9.17, 15) is 13.2 Å². The number of rotatable bonds is 7. The minimum atomic E-state index is -3.89. The predicted molar refractivity (Wildman–Crippen MR) is 119 cm³/mol. The first-order valence-electron chi connectivity index (χ1n) is 9.66. The molecule has 2 N–H and O–H groups in total. The number of nitrogens with zero attached hydrogens (tertiary/aromatic N) is 2. The van der Waals surface area contributed by atoms with E-state index in [-0.39, 0.29) is 10.7 Å². The number of aromatic nitrogens is 2. The van der Waals surface area contributed by atoms with Gasteiger partial charge in [-0.2, -0.15) is 0 Å². The van der Waals surface area contributed by atoms with Crippen molar-refractivity contribution in [1.82, 2.24) is 9.72 Å². The van der Waals surface area contributed by atoms with Crippen molar-refractivity contribution in [1.29, 1.82) is 0 Å². The number of benzene rings is 2. The molecule has 0 radical (unpaired) electrons. The zero-order valence-corrected chi connectivity index (χ0v) is 17.9. The van der Waals surface area contributed by atoms with Crippen molar-refractivity contribution in [2.45, 2.75) is 18.4 Å². The Bertz CT molecular complexity index is 1350. The van der Waals surface area contributed by atoms with Crippen LogP contribution in [-0.2, 0) is 21.2 Å². The maximum Gasteiger partial charge on any atom is 0.241 e. The van der Waals surface area contributed by atoms with Gasteiger partial charge in [-0.15, -0.1) is 0 Å². The average molecular weight is 439 g/mol. The van der Waals surface area contributed by atoms with Gasteiger partial charge in [0.2, 0.25) is 5.91 Å². The molecule has 1 amide bonds. The SMILES string of the molecule is CNc1cccc(Cn2cc(S(=O)(=O)CC(=O)Nc3cc(C)on3)c3ccccc32)c1. The molecule has 0 unspecified atom stereocenters. The molecule has 0 atom stereocenters. The number of anilines is 2. The van der Waals surface area contributed by atoms with Gasteiger partial charge >= 0.3 is 0 Å². The van der Waals surface area contributed by atoms with Crippen molar-refractivity contribution < 1.29 is 17.7 Å². The number of fused-ring (bicyclic) bond motifs is 1. The van der Waals surface area contributed by atoms with E-state index in [1.807, 2.05) is 48.0 Å². The van der Waals surface area contributed by atoms with Crippen LogP contribution in [0.2, 0.25) is 0 Å². The van der Waals surface area contributed by atoms with Gasteiger partial charge in [-0.05, 0) is 30.7 Å². The van der Waals surface area contributed by atoms with Crippen LogP contribution in [0, 0.1) is 6.92 Å². The highest BCUT2D eigenvalue weighted by Crippen LogP contribution is 2.27. The number of amides is 1. The summed E-state index contributed by atoms with van der Waals surface area (Å²) in [7, 11) is -2.04. The Hall–Kier alpha value is -3.59. The summed E-state index contributed by atoms with van der Waals surface area (Å²) in [6.45, 7) is 2.18. The van der Waals surface area contributed by atoms with Gasteiger partial charge in [0.15, 0.2) is 15.7 Å². The molecule has 0 fully saturated rings. The number of hydrogen-bond acceptors (Lipinski definition) is 6. The van der Waals surface area contributed by atoms with Crippen LogP contribution in [0.25, 0.3) is 10.9 Å². The molecule has 0 saturated heterocycles. The Balaban J connectivity index is 1.64. The molecule has 0 aliphatic heterocycles. The van der Waals surface area contributed by atoms with Crippen molar-refractivity contribution in [2.75, 3.05) is 23.4 Å². The molecule has 0 spiro atoms.